The third-order valence-corrected chi connectivity index (χ3v) is 4.74. The molecule has 0 radical (unpaired) electrons. The minimum atomic E-state index is 0.288. The Hall–Kier alpha value is -1.26. The zero-order valence-electron chi connectivity index (χ0n) is 12.4. The Morgan fingerprint density at radius 1 is 1.35 bits per heavy atom. The quantitative estimate of drug-likeness (QED) is 0.917. The highest BCUT2D eigenvalue weighted by atomic mass is 16.5. The highest BCUT2D eigenvalue weighted by molar-refractivity contribution is 5.45. The van der Waals surface area contributed by atoms with E-state index in [1.54, 1.807) is 13.2 Å². The molecule has 0 aromatic heterocycles. The maximum absolute atomic E-state index is 10.2. The number of rotatable bonds is 3. The lowest BCUT2D eigenvalue weighted by Gasteiger charge is -2.42. The number of nitrogens with zero attached hydrogens (tertiary/aromatic N) is 2. The summed E-state index contributed by atoms with van der Waals surface area (Å²) in [4.78, 5) is 5.10. The van der Waals surface area contributed by atoms with Crippen molar-refractivity contribution in [2.24, 2.45) is 0 Å². The van der Waals surface area contributed by atoms with Gasteiger partial charge in [0.15, 0.2) is 11.5 Å². The molecule has 1 aromatic rings. The zero-order valence-corrected chi connectivity index (χ0v) is 12.4. The minimum absolute atomic E-state index is 0.288. The zero-order chi connectivity index (χ0) is 14.1. The van der Waals surface area contributed by atoms with Gasteiger partial charge in [-0.15, -0.1) is 0 Å². The van der Waals surface area contributed by atoms with E-state index in [0.717, 1.165) is 25.2 Å². The van der Waals surface area contributed by atoms with Gasteiger partial charge in [-0.2, -0.15) is 0 Å². The molecule has 4 heteroatoms. The van der Waals surface area contributed by atoms with Crippen molar-refractivity contribution in [3.8, 4) is 11.5 Å². The van der Waals surface area contributed by atoms with Crippen molar-refractivity contribution >= 4 is 0 Å². The predicted molar refractivity (Wildman–Crippen MR) is 79.1 cm³/mol. The fourth-order valence-electron chi connectivity index (χ4n) is 3.55. The van der Waals surface area contributed by atoms with Crippen LogP contribution in [0.3, 0.4) is 0 Å². The molecule has 1 N–H and O–H groups in total. The fraction of sp³-hybridized carbons (Fsp3) is 0.625. The Morgan fingerprint density at radius 3 is 3.00 bits per heavy atom. The average molecular weight is 276 g/mol. The van der Waals surface area contributed by atoms with Crippen LogP contribution < -0.4 is 4.74 Å². The van der Waals surface area contributed by atoms with Gasteiger partial charge in [0.2, 0.25) is 0 Å². The van der Waals surface area contributed by atoms with Crippen molar-refractivity contribution in [2.45, 2.75) is 38.4 Å². The second-order valence-electron chi connectivity index (χ2n) is 6.04. The molecule has 0 aliphatic carbocycles. The number of hydrogen-bond donors (Lipinski definition) is 1. The van der Waals surface area contributed by atoms with Crippen LogP contribution in [-0.4, -0.2) is 53.7 Å². The number of hydrogen-bond acceptors (Lipinski definition) is 4. The first-order valence-corrected chi connectivity index (χ1v) is 7.52. The first kappa shape index (κ1) is 13.7. The molecule has 0 spiro atoms. The molecule has 2 fully saturated rings. The molecule has 2 atom stereocenters. The van der Waals surface area contributed by atoms with Crippen molar-refractivity contribution < 1.29 is 9.84 Å². The second kappa shape index (κ2) is 5.62. The Labute approximate surface area is 120 Å². The van der Waals surface area contributed by atoms with E-state index in [9.17, 15) is 5.11 Å². The van der Waals surface area contributed by atoms with Gasteiger partial charge in [0.1, 0.15) is 0 Å². The van der Waals surface area contributed by atoms with Gasteiger partial charge in [-0.25, -0.2) is 0 Å². The molecule has 0 bridgehead atoms. The molecule has 3 rings (SSSR count). The Bertz CT molecular complexity index is 478. The number of methoxy groups -OCH3 is 1. The van der Waals surface area contributed by atoms with Crippen LogP contribution in [0.15, 0.2) is 18.2 Å². The average Bonchev–Trinajstić information content (AvgIpc) is 2.88. The Balaban J connectivity index is 1.74. The van der Waals surface area contributed by atoms with Gasteiger partial charge >= 0.3 is 0 Å². The van der Waals surface area contributed by atoms with E-state index >= 15 is 0 Å². The summed E-state index contributed by atoms with van der Waals surface area (Å²) in [7, 11) is 1.60. The summed E-state index contributed by atoms with van der Waals surface area (Å²) < 4.78 is 5.19. The van der Waals surface area contributed by atoms with Crippen LogP contribution in [0.25, 0.3) is 0 Å². The van der Waals surface area contributed by atoms with Crippen molar-refractivity contribution in [3.05, 3.63) is 23.8 Å². The van der Waals surface area contributed by atoms with Crippen molar-refractivity contribution in [2.75, 3.05) is 26.7 Å². The first-order valence-electron chi connectivity index (χ1n) is 7.52. The number of benzene rings is 1. The van der Waals surface area contributed by atoms with Crippen LogP contribution in [0.1, 0.15) is 25.3 Å². The number of fused-ring (bicyclic) bond motifs is 1. The molecule has 2 unspecified atom stereocenters. The monoisotopic (exact) mass is 276 g/mol. The SMILES string of the molecule is COc1cccc(CN2CC3CCCN3CC2C)c1O. The van der Waals surface area contributed by atoms with Gasteiger partial charge in [0.25, 0.3) is 0 Å². The smallest absolute Gasteiger partial charge is 0.162 e. The van der Waals surface area contributed by atoms with Crippen LogP contribution in [0.5, 0.6) is 11.5 Å². The molecule has 20 heavy (non-hydrogen) atoms. The molecular weight excluding hydrogens is 252 g/mol. The Kier molecular flexibility index (Phi) is 3.85. The maximum Gasteiger partial charge on any atom is 0.162 e. The van der Waals surface area contributed by atoms with Gasteiger partial charge in [-0.05, 0) is 32.4 Å². The number of piperazine rings is 1. The number of phenolic OH excluding ortho intramolecular Hbond substituents is 1. The van der Waals surface area contributed by atoms with E-state index in [1.807, 2.05) is 12.1 Å². The summed E-state index contributed by atoms with van der Waals surface area (Å²) in [5.41, 5.74) is 0.961. The summed E-state index contributed by atoms with van der Waals surface area (Å²) in [6.07, 6.45) is 2.64. The summed E-state index contributed by atoms with van der Waals surface area (Å²) in [5.74, 6) is 0.853. The van der Waals surface area contributed by atoms with Gasteiger partial charge in [0.05, 0.1) is 7.11 Å². The second-order valence-corrected chi connectivity index (χ2v) is 6.04. The molecule has 2 aliphatic rings. The van der Waals surface area contributed by atoms with E-state index in [1.165, 1.54) is 19.4 Å². The lowest BCUT2D eigenvalue weighted by molar-refractivity contribution is 0.0535. The third-order valence-electron chi connectivity index (χ3n) is 4.74. The molecule has 110 valence electrons. The van der Waals surface area contributed by atoms with Crippen molar-refractivity contribution in [1.82, 2.24) is 9.80 Å². The lowest BCUT2D eigenvalue weighted by Crippen LogP contribution is -2.54. The van der Waals surface area contributed by atoms with Crippen LogP contribution in [0.2, 0.25) is 0 Å². The van der Waals surface area contributed by atoms with Gasteiger partial charge in [0, 0.05) is 37.3 Å². The maximum atomic E-state index is 10.2. The lowest BCUT2D eigenvalue weighted by atomic mass is 10.1. The summed E-state index contributed by atoms with van der Waals surface area (Å²) in [6, 6.07) is 6.99. The molecule has 4 nitrogen and oxygen atoms in total. The number of phenols is 1. The highest BCUT2D eigenvalue weighted by Crippen LogP contribution is 2.32. The normalized spacial score (nSPS) is 27.5. The molecule has 2 saturated heterocycles. The third kappa shape index (κ3) is 2.50. The van der Waals surface area contributed by atoms with E-state index < -0.39 is 0 Å². The topological polar surface area (TPSA) is 35.9 Å². The fourth-order valence-corrected chi connectivity index (χ4v) is 3.55. The number of para-hydroxylation sites is 1. The van der Waals surface area contributed by atoms with E-state index in [-0.39, 0.29) is 5.75 Å². The standard InChI is InChI=1S/C16H24N2O2/c1-12-9-17-8-4-6-14(17)11-18(12)10-13-5-3-7-15(20-2)16(13)19/h3,5,7,12,14,19H,4,6,8-11H2,1-2H3. The summed E-state index contributed by atoms with van der Waals surface area (Å²) in [6.45, 7) is 6.60. The number of ether oxygens (including phenoxy) is 1. The van der Waals surface area contributed by atoms with Gasteiger partial charge in [-0.1, -0.05) is 12.1 Å². The molecule has 2 heterocycles. The summed E-state index contributed by atoms with van der Waals surface area (Å²) >= 11 is 0. The largest absolute Gasteiger partial charge is 0.504 e. The van der Waals surface area contributed by atoms with E-state index in [2.05, 4.69) is 16.7 Å². The first-order chi connectivity index (χ1) is 9.69. The van der Waals surface area contributed by atoms with Crippen molar-refractivity contribution in [1.29, 1.82) is 0 Å². The van der Waals surface area contributed by atoms with Gasteiger partial charge < -0.3 is 9.84 Å². The van der Waals surface area contributed by atoms with Crippen LogP contribution in [-0.2, 0) is 6.54 Å². The van der Waals surface area contributed by atoms with E-state index in [0.29, 0.717) is 17.8 Å². The predicted octanol–water partition coefficient (Wildman–Crippen LogP) is 2.07. The highest BCUT2D eigenvalue weighted by Gasteiger charge is 2.34. The van der Waals surface area contributed by atoms with E-state index in [4.69, 9.17) is 4.74 Å². The Morgan fingerprint density at radius 2 is 2.20 bits per heavy atom. The molecular formula is C16H24N2O2. The minimum Gasteiger partial charge on any atom is -0.504 e. The van der Waals surface area contributed by atoms with Crippen molar-refractivity contribution in [3.63, 3.8) is 0 Å². The van der Waals surface area contributed by atoms with Gasteiger partial charge in [-0.3, -0.25) is 9.80 Å². The molecule has 2 aliphatic heterocycles. The van der Waals surface area contributed by atoms with Crippen LogP contribution in [0.4, 0.5) is 0 Å². The molecule has 0 amide bonds. The molecule has 1 aromatic carbocycles. The summed E-state index contributed by atoms with van der Waals surface area (Å²) in [5, 5.41) is 10.2. The van der Waals surface area contributed by atoms with Crippen LogP contribution >= 0.6 is 0 Å². The number of aromatic hydroxyl groups is 1. The van der Waals surface area contributed by atoms with Crippen LogP contribution in [0, 0.1) is 0 Å². The molecule has 0 saturated carbocycles.